The van der Waals surface area contributed by atoms with E-state index in [2.05, 4.69) is 5.32 Å². The number of fused-ring (bicyclic) bond motifs is 2. The molecule has 0 spiro atoms. The molecule has 3 rings (SSSR count). The van der Waals surface area contributed by atoms with Crippen molar-refractivity contribution < 1.29 is 24.2 Å². The molecule has 0 aromatic heterocycles. The minimum absolute atomic E-state index is 0.383. The summed E-state index contributed by atoms with van der Waals surface area (Å²) in [5.41, 5.74) is -0.380. The van der Waals surface area contributed by atoms with E-state index in [1.54, 1.807) is 43.3 Å². The molecule has 2 N–H and O–H groups in total. The topological polar surface area (TPSA) is 84.9 Å². The summed E-state index contributed by atoms with van der Waals surface area (Å²) in [6.45, 7) is 1.74. The lowest BCUT2D eigenvalue weighted by molar-refractivity contribution is -0.146. The molecule has 0 radical (unpaired) electrons. The number of nitrogens with one attached hydrogen (secondary N) is 1. The van der Waals surface area contributed by atoms with Crippen molar-refractivity contribution in [2.75, 3.05) is 12.4 Å². The number of amides is 1. The molecule has 1 aromatic rings. The lowest BCUT2D eigenvalue weighted by Gasteiger charge is -2.28. The summed E-state index contributed by atoms with van der Waals surface area (Å²) >= 11 is 0. The van der Waals surface area contributed by atoms with Crippen LogP contribution in [0.3, 0.4) is 0 Å². The Morgan fingerprint density at radius 3 is 2.77 bits per heavy atom. The maximum atomic E-state index is 12.6. The van der Waals surface area contributed by atoms with Gasteiger partial charge in [0.25, 0.3) is 0 Å². The van der Waals surface area contributed by atoms with Crippen molar-refractivity contribution in [3.05, 3.63) is 36.4 Å². The number of carbonyl (C=O) groups excluding carboxylic acids is 1. The number of carboxylic acid groups (broad SMARTS) is 1. The summed E-state index contributed by atoms with van der Waals surface area (Å²) in [6.07, 6.45) is 2.92. The van der Waals surface area contributed by atoms with Crippen molar-refractivity contribution >= 4 is 17.6 Å². The van der Waals surface area contributed by atoms with Gasteiger partial charge in [-0.15, -0.1) is 0 Å². The van der Waals surface area contributed by atoms with Crippen LogP contribution in [0.1, 0.15) is 6.92 Å². The van der Waals surface area contributed by atoms with Crippen LogP contribution in [-0.4, -0.2) is 35.8 Å². The van der Waals surface area contributed by atoms with Gasteiger partial charge in [-0.1, -0.05) is 24.3 Å². The monoisotopic (exact) mass is 303 g/mol. The van der Waals surface area contributed by atoms with Crippen LogP contribution in [0.5, 0.6) is 5.75 Å². The van der Waals surface area contributed by atoms with Gasteiger partial charge in [0.05, 0.1) is 30.4 Å². The Bertz CT molecular complexity index is 656. The van der Waals surface area contributed by atoms with E-state index in [9.17, 15) is 14.7 Å². The summed E-state index contributed by atoms with van der Waals surface area (Å²) in [4.78, 5) is 24.2. The zero-order valence-electron chi connectivity index (χ0n) is 12.3. The lowest BCUT2D eigenvalue weighted by Crippen LogP contribution is -2.44. The summed E-state index contributed by atoms with van der Waals surface area (Å²) < 4.78 is 10.9. The Balaban J connectivity index is 1.88. The summed E-state index contributed by atoms with van der Waals surface area (Å²) in [5, 5.41) is 12.2. The van der Waals surface area contributed by atoms with Crippen LogP contribution < -0.4 is 10.1 Å². The van der Waals surface area contributed by atoms with Crippen LogP contribution >= 0.6 is 0 Å². The van der Waals surface area contributed by atoms with E-state index in [-0.39, 0.29) is 5.91 Å². The number of anilines is 1. The summed E-state index contributed by atoms with van der Waals surface area (Å²) in [7, 11) is 1.51. The van der Waals surface area contributed by atoms with Gasteiger partial charge in [-0.05, 0) is 19.1 Å². The molecule has 2 bridgehead atoms. The number of rotatable bonds is 4. The molecule has 0 saturated carbocycles. The molecule has 2 aliphatic heterocycles. The van der Waals surface area contributed by atoms with E-state index in [0.29, 0.717) is 11.4 Å². The number of hydrogen-bond donors (Lipinski definition) is 2. The van der Waals surface area contributed by atoms with Crippen molar-refractivity contribution in [3.8, 4) is 5.75 Å². The van der Waals surface area contributed by atoms with Crippen molar-refractivity contribution in [2.24, 2.45) is 11.8 Å². The third kappa shape index (κ3) is 2.16. The molecule has 2 heterocycles. The SMILES string of the molecule is COc1ccccc1NC(=O)[C@@H]1[C@@H](C(=O)O)[C@H]2C=C[C@@]1(C)O2. The van der Waals surface area contributed by atoms with Gasteiger partial charge >= 0.3 is 5.97 Å². The maximum Gasteiger partial charge on any atom is 0.310 e. The lowest BCUT2D eigenvalue weighted by atomic mass is 9.75. The van der Waals surface area contributed by atoms with Crippen molar-refractivity contribution in [1.29, 1.82) is 0 Å². The average Bonchev–Trinajstić information content (AvgIpc) is 3.00. The van der Waals surface area contributed by atoms with Crippen LogP contribution in [-0.2, 0) is 14.3 Å². The number of methoxy groups -OCH3 is 1. The molecule has 22 heavy (non-hydrogen) atoms. The van der Waals surface area contributed by atoms with E-state index >= 15 is 0 Å². The zero-order valence-corrected chi connectivity index (χ0v) is 12.3. The fraction of sp³-hybridized carbons (Fsp3) is 0.375. The molecule has 0 unspecified atom stereocenters. The van der Waals surface area contributed by atoms with Crippen molar-refractivity contribution in [3.63, 3.8) is 0 Å². The number of para-hydroxylation sites is 2. The second kappa shape index (κ2) is 5.14. The van der Waals surface area contributed by atoms with Crippen molar-refractivity contribution in [2.45, 2.75) is 18.6 Å². The fourth-order valence-corrected chi connectivity index (χ4v) is 3.24. The molecule has 6 nitrogen and oxygen atoms in total. The number of hydrogen-bond acceptors (Lipinski definition) is 4. The minimum Gasteiger partial charge on any atom is -0.495 e. The van der Waals surface area contributed by atoms with E-state index < -0.39 is 29.5 Å². The molecule has 0 aliphatic carbocycles. The highest BCUT2D eigenvalue weighted by Crippen LogP contribution is 2.47. The molecule has 4 atom stereocenters. The van der Waals surface area contributed by atoms with Gasteiger partial charge in [-0.2, -0.15) is 0 Å². The maximum absolute atomic E-state index is 12.6. The van der Waals surface area contributed by atoms with E-state index in [4.69, 9.17) is 9.47 Å². The minimum atomic E-state index is -1.03. The first kappa shape index (κ1) is 14.6. The van der Waals surface area contributed by atoms with Gasteiger partial charge in [-0.25, -0.2) is 0 Å². The van der Waals surface area contributed by atoms with E-state index in [1.165, 1.54) is 7.11 Å². The number of aliphatic carboxylic acids is 1. The molecule has 1 saturated heterocycles. The fourth-order valence-electron chi connectivity index (χ4n) is 3.24. The third-order valence-corrected chi connectivity index (χ3v) is 4.27. The predicted molar refractivity (Wildman–Crippen MR) is 78.7 cm³/mol. The Morgan fingerprint density at radius 1 is 1.36 bits per heavy atom. The van der Waals surface area contributed by atoms with E-state index in [0.717, 1.165) is 0 Å². The number of ether oxygens (including phenoxy) is 2. The van der Waals surface area contributed by atoms with Gasteiger partial charge in [0.2, 0.25) is 5.91 Å². The molecular formula is C16H17NO5. The Morgan fingerprint density at radius 2 is 2.09 bits per heavy atom. The highest BCUT2D eigenvalue weighted by atomic mass is 16.5. The van der Waals surface area contributed by atoms with Crippen molar-refractivity contribution in [1.82, 2.24) is 0 Å². The van der Waals surface area contributed by atoms with Crippen LogP contribution in [0.2, 0.25) is 0 Å². The molecular weight excluding hydrogens is 286 g/mol. The largest absolute Gasteiger partial charge is 0.495 e. The first-order chi connectivity index (χ1) is 10.5. The highest BCUT2D eigenvalue weighted by Gasteiger charge is 2.59. The summed E-state index contributed by atoms with van der Waals surface area (Å²) in [5.74, 6) is -2.56. The molecule has 1 fully saturated rings. The molecule has 6 heteroatoms. The normalized spacial score (nSPS) is 32.0. The van der Waals surface area contributed by atoms with Crippen LogP contribution in [0.4, 0.5) is 5.69 Å². The number of benzene rings is 1. The number of carbonyl (C=O) groups is 2. The van der Waals surface area contributed by atoms with Gasteiger partial charge < -0.3 is 19.9 Å². The Hall–Kier alpha value is -2.34. The second-order valence-corrected chi connectivity index (χ2v) is 5.66. The van der Waals surface area contributed by atoms with Crippen LogP contribution in [0, 0.1) is 11.8 Å². The Labute approximate surface area is 127 Å². The molecule has 116 valence electrons. The standard InChI is InChI=1S/C16H17NO5/c1-16-8-7-11(22-16)12(15(19)20)13(16)14(18)17-9-5-3-4-6-10(9)21-2/h3-8,11-13H,1-2H3,(H,17,18)(H,19,20)/t11-,12+,13+,16-/m1/s1. The third-order valence-electron chi connectivity index (χ3n) is 4.27. The van der Waals surface area contributed by atoms with Gasteiger partial charge in [-0.3, -0.25) is 9.59 Å². The first-order valence-corrected chi connectivity index (χ1v) is 7.00. The second-order valence-electron chi connectivity index (χ2n) is 5.66. The van der Waals surface area contributed by atoms with Gasteiger partial charge in [0.15, 0.2) is 0 Å². The number of carboxylic acids is 1. The van der Waals surface area contributed by atoms with Gasteiger partial charge in [0.1, 0.15) is 11.7 Å². The predicted octanol–water partition coefficient (Wildman–Crippen LogP) is 1.68. The average molecular weight is 303 g/mol. The van der Waals surface area contributed by atoms with Crippen LogP contribution in [0.15, 0.2) is 36.4 Å². The summed E-state index contributed by atoms with van der Waals surface area (Å²) in [6, 6.07) is 6.99. The molecule has 2 aliphatic rings. The zero-order chi connectivity index (χ0) is 15.9. The quantitative estimate of drug-likeness (QED) is 0.827. The Kier molecular flexibility index (Phi) is 3.41. The molecule has 1 aromatic carbocycles. The van der Waals surface area contributed by atoms with Gasteiger partial charge in [0, 0.05) is 0 Å². The highest BCUT2D eigenvalue weighted by molar-refractivity contribution is 5.98. The smallest absolute Gasteiger partial charge is 0.310 e. The first-order valence-electron chi connectivity index (χ1n) is 7.00. The van der Waals surface area contributed by atoms with E-state index in [1.807, 2.05) is 0 Å². The molecule has 1 amide bonds. The van der Waals surface area contributed by atoms with Crippen LogP contribution in [0.25, 0.3) is 0 Å².